The van der Waals surface area contributed by atoms with Gasteiger partial charge < -0.3 is 15.3 Å². The second-order valence-corrected chi connectivity index (χ2v) is 4.86. The highest BCUT2D eigenvalue weighted by Gasteiger charge is 2.39. The average Bonchev–Trinajstić information content (AvgIpc) is 2.62. The zero-order valence-electron chi connectivity index (χ0n) is 9.24. The molecular formula is C11H22N2O. The van der Waals surface area contributed by atoms with Gasteiger partial charge in [0.25, 0.3) is 0 Å². The minimum Gasteiger partial charge on any atom is -0.391 e. The van der Waals surface area contributed by atoms with E-state index in [1.165, 1.54) is 6.42 Å². The summed E-state index contributed by atoms with van der Waals surface area (Å²) in [7, 11) is 2.12. The van der Waals surface area contributed by atoms with Crippen molar-refractivity contribution in [3.8, 4) is 0 Å². The van der Waals surface area contributed by atoms with Crippen molar-refractivity contribution in [3.05, 3.63) is 0 Å². The average molecular weight is 198 g/mol. The molecule has 1 saturated carbocycles. The van der Waals surface area contributed by atoms with Crippen molar-refractivity contribution in [2.45, 2.75) is 31.9 Å². The maximum atomic E-state index is 10.0. The maximum absolute atomic E-state index is 10.0. The van der Waals surface area contributed by atoms with Crippen molar-refractivity contribution in [2.24, 2.45) is 11.8 Å². The van der Waals surface area contributed by atoms with Gasteiger partial charge in [0.2, 0.25) is 0 Å². The van der Waals surface area contributed by atoms with Crippen LogP contribution in [-0.2, 0) is 0 Å². The molecule has 1 saturated heterocycles. The van der Waals surface area contributed by atoms with E-state index in [1.54, 1.807) is 0 Å². The molecule has 4 atom stereocenters. The Kier molecular flexibility index (Phi) is 3.10. The topological polar surface area (TPSA) is 35.5 Å². The van der Waals surface area contributed by atoms with Crippen LogP contribution in [0.2, 0.25) is 0 Å². The summed E-state index contributed by atoms with van der Waals surface area (Å²) in [6, 6.07) is 0.390. The summed E-state index contributed by atoms with van der Waals surface area (Å²) in [5.74, 6) is 1.53. The Balaban J connectivity index is 1.99. The highest BCUT2D eigenvalue weighted by Crippen LogP contribution is 2.34. The van der Waals surface area contributed by atoms with Gasteiger partial charge in [-0.15, -0.1) is 0 Å². The second kappa shape index (κ2) is 4.17. The van der Waals surface area contributed by atoms with Crippen molar-refractivity contribution < 1.29 is 5.11 Å². The molecule has 2 N–H and O–H groups in total. The first-order chi connectivity index (χ1) is 6.72. The van der Waals surface area contributed by atoms with Crippen LogP contribution in [0.25, 0.3) is 0 Å². The van der Waals surface area contributed by atoms with E-state index in [0.717, 1.165) is 37.9 Å². The predicted molar refractivity (Wildman–Crippen MR) is 57.2 cm³/mol. The Morgan fingerprint density at radius 2 is 1.93 bits per heavy atom. The summed E-state index contributed by atoms with van der Waals surface area (Å²) in [6.07, 6.45) is 2.05. The molecule has 2 rings (SSSR count). The summed E-state index contributed by atoms with van der Waals surface area (Å²) < 4.78 is 0. The summed E-state index contributed by atoms with van der Waals surface area (Å²) >= 11 is 0. The van der Waals surface area contributed by atoms with Gasteiger partial charge in [0.15, 0.2) is 0 Å². The van der Waals surface area contributed by atoms with E-state index < -0.39 is 0 Å². The molecule has 1 aliphatic heterocycles. The van der Waals surface area contributed by atoms with E-state index in [9.17, 15) is 5.11 Å². The third-order valence-electron chi connectivity index (χ3n) is 4.08. The van der Waals surface area contributed by atoms with Gasteiger partial charge in [-0.1, -0.05) is 6.92 Å². The number of aliphatic hydroxyl groups excluding tert-OH is 1. The summed E-state index contributed by atoms with van der Waals surface area (Å²) in [5.41, 5.74) is 0. The first kappa shape index (κ1) is 10.4. The highest BCUT2D eigenvalue weighted by atomic mass is 16.3. The van der Waals surface area contributed by atoms with Crippen molar-refractivity contribution >= 4 is 0 Å². The Morgan fingerprint density at radius 1 is 1.29 bits per heavy atom. The summed E-state index contributed by atoms with van der Waals surface area (Å²) in [4.78, 5) is 2.29. The van der Waals surface area contributed by atoms with Crippen LogP contribution in [0.1, 0.15) is 19.8 Å². The highest BCUT2D eigenvalue weighted by molar-refractivity contribution is 4.94. The molecule has 82 valence electrons. The quantitative estimate of drug-likeness (QED) is 0.670. The molecule has 0 radical (unpaired) electrons. The number of nitrogens with one attached hydrogen (secondary N) is 1. The number of nitrogens with zero attached hydrogens (tertiary/aromatic N) is 1. The van der Waals surface area contributed by atoms with Crippen molar-refractivity contribution in [3.63, 3.8) is 0 Å². The normalized spacial score (nSPS) is 42.9. The van der Waals surface area contributed by atoms with E-state index >= 15 is 0 Å². The van der Waals surface area contributed by atoms with E-state index in [0.29, 0.717) is 6.04 Å². The SMILES string of the molecule is CCN(C)C1CC2CNCC2CC1O. The lowest BCUT2D eigenvalue weighted by Crippen LogP contribution is -2.47. The van der Waals surface area contributed by atoms with Crippen LogP contribution >= 0.6 is 0 Å². The van der Waals surface area contributed by atoms with Crippen LogP contribution in [0.3, 0.4) is 0 Å². The molecule has 14 heavy (non-hydrogen) atoms. The lowest BCUT2D eigenvalue weighted by atomic mass is 9.77. The van der Waals surface area contributed by atoms with E-state index in [2.05, 4.69) is 24.2 Å². The van der Waals surface area contributed by atoms with Crippen LogP contribution in [-0.4, -0.2) is 48.8 Å². The molecule has 3 heteroatoms. The zero-order chi connectivity index (χ0) is 10.1. The maximum Gasteiger partial charge on any atom is 0.0698 e. The molecule has 2 fully saturated rings. The lowest BCUT2D eigenvalue weighted by molar-refractivity contribution is 0.00203. The fraction of sp³-hybridized carbons (Fsp3) is 1.00. The molecule has 0 spiro atoms. The van der Waals surface area contributed by atoms with Gasteiger partial charge in [0, 0.05) is 6.04 Å². The largest absolute Gasteiger partial charge is 0.391 e. The molecule has 0 aromatic rings. The lowest BCUT2D eigenvalue weighted by Gasteiger charge is -2.40. The molecule has 4 unspecified atom stereocenters. The van der Waals surface area contributed by atoms with E-state index in [-0.39, 0.29) is 6.10 Å². The van der Waals surface area contributed by atoms with Gasteiger partial charge in [-0.05, 0) is 51.4 Å². The number of rotatable bonds is 2. The first-order valence-electron chi connectivity index (χ1n) is 5.81. The third-order valence-corrected chi connectivity index (χ3v) is 4.08. The van der Waals surface area contributed by atoms with Crippen molar-refractivity contribution in [1.29, 1.82) is 0 Å². The van der Waals surface area contributed by atoms with Crippen molar-refractivity contribution in [2.75, 3.05) is 26.7 Å². The van der Waals surface area contributed by atoms with Gasteiger partial charge in [-0.3, -0.25) is 0 Å². The second-order valence-electron chi connectivity index (χ2n) is 4.86. The third kappa shape index (κ3) is 1.81. The molecule has 0 aromatic heterocycles. The first-order valence-corrected chi connectivity index (χ1v) is 5.81. The van der Waals surface area contributed by atoms with E-state index in [1.807, 2.05) is 0 Å². The van der Waals surface area contributed by atoms with Crippen LogP contribution in [0.5, 0.6) is 0 Å². The number of fused-ring (bicyclic) bond motifs is 1. The van der Waals surface area contributed by atoms with Crippen LogP contribution in [0.15, 0.2) is 0 Å². The molecule has 3 nitrogen and oxygen atoms in total. The minimum absolute atomic E-state index is 0.110. The number of likely N-dealkylation sites (N-methyl/N-ethyl adjacent to an activating group) is 1. The van der Waals surface area contributed by atoms with E-state index in [4.69, 9.17) is 0 Å². The standard InChI is InChI=1S/C11H22N2O/c1-3-13(2)10-4-8-6-12-7-9(8)5-11(10)14/h8-12,14H,3-7H2,1-2H3. The monoisotopic (exact) mass is 198 g/mol. The number of hydrogen-bond donors (Lipinski definition) is 2. The zero-order valence-corrected chi connectivity index (χ0v) is 9.24. The predicted octanol–water partition coefficient (Wildman–Crippen LogP) is 0.297. The Hall–Kier alpha value is -0.120. The van der Waals surface area contributed by atoms with Gasteiger partial charge in [-0.25, -0.2) is 0 Å². The van der Waals surface area contributed by atoms with Crippen LogP contribution in [0.4, 0.5) is 0 Å². The molecule has 2 aliphatic rings. The molecule has 1 heterocycles. The van der Waals surface area contributed by atoms with Gasteiger partial charge in [0.1, 0.15) is 0 Å². The molecule has 0 aromatic carbocycles. The molecule has 1 aliphatic carbocycles. The molecule has 0 bridgehead atoms. The molecular weight excluding hydrogens is 176 g/mol. The Bertz CT molecular complexity index is 198. The van der Waals surface area contributed by atoms with Gasteiger partial charge in [0.05, 0.1) is 6.10 Å². The summed E-state index contributed by atoms with van der Waals surface area (Å²) in [5, 5.41) is 13.5. The Morgan fingerprint density at radius 3 is 2.57 bits per heavy atom. The molecule has 0 amide bonds. The fourth-order valence-corrected chi connectivity index (χ4v) is 2.98. The minimum atomic E-state index is -0.110. The smallest absolute Gasteiger partial charge is 0.0698 e. The van der Waals surface area contributed by atoms with Crippen LogP contribution in [0, 0.1) is 11.8 Å². The van der Waals surface area contributed by atoms with Crippen LogP contribution < -0.4 is 5.32 Å². The fourth-order valence-electron chi connectivity index (χ4n) is 2.98. The Labute approximate surface area is 86.5 Å². The van der Waals surface area contributed by atoms with Crippen molar-refractivity contribution in [1.82, 2.24) is 10.2 Å². The summed E-state index contributed by atoms with van der Waals surface area (Å²) in [6.45, 7) is 5.47. The number of aliphatic hydroxyl groups is 1. The van der Waals surface area contributed by atoms with Gasteiger partial charge >= 0.3 is 0 Å². The van der Waals surface area contributed by atoms with Gasteiger partial charge in [-0.2, -0.15) is 0 Å². The number of hydrogen-bond acceptors (Lipinski definition) is 3.